The van der Waals surface area contributed by atoms with Crippen LogP contribution in [0.25, 0.3) is 0 Å². The van der Waals surface area contributed by atoms with Crippen LogP contribution in [0.1, 0.15) is 27.7 Å². The number of aliphatic hydroxyl groups excluding tert-OH is 2. The molecule has 0 aromatic carbocycles. The Hall–Kier alpha value is -0.200. The van der Waals surface area contributed by atoms with E-state index in [0.29, 0.717) is 13.2 Å². The van der Waals surface area contributed by atoms with E-state index in [4.69, 9.17) is 24.4 Å². The van der Waals surface area contributed by atoms with Gasteiger partial charge in [0.2, 0.25) is 0 Å². The van der Waals surface area contributed by atoms with Crippen molar-refractivity contribution in [2.75, 3.05) is 26.4 Å². The molecule has 0 aliphatic heterocycles. The summed E-state index contributed by atoms with van der Waals surface area (Å²) < 4.78 is 15.6. The lowest BCUT2D eigenvalue weighted by Gasteiger charge is -2.18. The van der Waals surface area contributed by atoms with Crippen molar-refractivity contribution in [3.8, 4) is 0 Å². The predicted molar refractivity (Wildman–Crippen MR) is 57.4 cm³/mol. The minimum atomic E-state index is -0.179. The Bertz CT molecular complexity index is 98.0. The summed E-state index contributed by atoms with van der Waals surface area (Å²) in [6.45, 7) is 8.68. The molecule has 2 atom stereocenters. The van der Waals surface area contributed by atoms with Crippen molar-refractivity contribution >= 4 is 0 Å². The third kappa shape index (κ3) is 16.5. The molecule has 2 unspecified atom stereocenters. The summed E-state index contributed by atoms with van der Waals surface area (Å²) in [6, 6.07) is 0. The molecule has 94 valence electrons. The van der Waals surface area contributed by atoms with Gasteiger partial charge in [-0.05, 0) is 27.7 Å². The molecule has 0 amide bonds. The van der Waals surface area contributed by atoms with Crippen LogP contribution in [0.15, 0.2) is 0 Å². The van der Waals surface area contributed by atoms with Crippen LogP contribution in [0, 0.1) is 0 Å². The first kappa shape index (κ1) is 17.2. The van der Waals surface area contributed by atoms with Crippen molar-refractivity contribution in [2.24, 2.45) is 0 Å². The second-order valence-electron chi connectivity index (χ2n) is 2.63. The predicted octanol–water partition coefficient (Wildman–Crippen LogP) is 0.739. The lowest BCUT2D eigenvalue weighted by Crippen LogP contribution is -2.22. The monoisotopic (exact) mass is 224 g/mol. The molecule has 0 spiro atoms. The molecule has 0 fully saturated rings. The highest BCUT2D eigenvalue weighted by Crippen LogP contribution is 2.00. The first-order valence-electron chi connectivity index (χ1n) is 5.22. The zero-order valence-electron chi connectivity index (χ0n) is 10.1. The van der Waals surface area contributed by atoms with E-state index in [1.165, 1.54) is 0 Å². The summed E-state index contributed by atoms with van der Waals surface area (Å²) in [7, 11) is 0. The van der Waals surface area contributed by atoms with Gasteiger partial charge >= 0.3 is 0 Å². The van der Waals surface area contributed by atoms with Crippen molar-refractivity contribution in [1.82, 2.24) is 0 Å². The van der Waals surface area contributed by atoms with Gasteiger partial charge in [0.25, 0.3) is 0 Å². The van der Waals surface area contributed by atoms with Crippen LogP contribution in [0.5, 0.6) is 0 Å². The molecule has 0 aromatic rings. The highest BCUT2D eigenvalue weighted by atomic mass is 16.8. The maximum atomic E-state index is 7.62. The molecular formula is C10H24O5. The van der Waals surface area contributed by atoms with Gasteiger partial charge in [0.1, 0.15) is 0 Å². The molecule has 0 bridgehead atoms. The van der Waals surface area contributed by atoms with E-state index in [-0.39, 0.29) is 25.8 Å². The van der Waals surface area contributed by atoms with Crippen molar-refractivity contribution in [3.05, 3.63) is 0 Å². The topological polar surface area (TPSA) is 68.2 Å². The van der Waals surface area contributed by atoms with E-state index >= 15 is 0 Å². The zero-order valence-corrected chi connectivity index (χ0v) is 10.1. The third-order valence-electron chi connectivity index (χ3n) is 1.29. The molecule has 0 aliphatic rings. The lowest BCUT2D eigenvalue weighted by molar-refractivity contribution is -0.228. The summed E-state index contributed by atoms with van der Waals surface area (Å²) in [6.07, 6.45) is -0.358. The number of hydrogen-bond donors (Lipinski definition) is 2. The smallest absolute Gasteiger partial charge is 0.157 e. The van der Waals surface area contributed by atoms with E-state index in [9.17, 15) is 0 Å². The molecule has 5 nitrogen and oxygen atoms in total. The van der Waals surface area contributed by atoms with E-state index in [2.05, 4.69) is 0 Å². The number of ether oxygens (including phenoxy) is 3. The maximum absolute atomic E-state index is 7.62. The van der Waals surface area contributed by atoms with E-state index in [1.54, 1.807) is 0 Å². The summed E-state index contributed by atoms with van der Waals surface area (Å²) >= 11 is 0. The third-order valence-corrected chi connectivity index (χ3v) is 1.29. The van der Waals surface area contributed by atoms with Crippen molar-refractivity contribution in [2.45, 2.75) is 40.3 Å². The van der Waals surface area contributed by atoms with Gasteiger partial charge in [-0.15, -0.1) is 0 Å². The van der Waals surface area contributed by atoms with E-state index in [0.717, 1.165) is 0 Å². The summed E-state index contributed by atoms with van der Waals surface area (Å²) in [5.74, 6) is 0. The Kier molecular flexibility index (Phi) is 15.8. The van der Waals surface area contributed by atoms with Gasteiger partial charge in [0.15, 0.2) is 12.6 Å². The van der Waals surface area contributed by atoms with Gasteiger partial charge in [-0.1, -0.05) is 0 Å². The quantitative estimate of drug-likeness (QED) is 0.624. The van der Waals surface area contributed by atoms with E-state index in [1.807, 2.05) is 27.7 Å². The fraction of sp³-hybridized carbons (Fsp3) is 1.00. The molecular weight excluding hydrogens is 200 g/mol. The molecule has 15 heavy (non-hydrogen) atoms. The summed E-state index contributed by atoms with van der Waals surface area (Å²) in [5.41, 5.74) is 0. The van der Waals surface area contributed by atoms with Gasteiger partial charge < -0.3 is 24.4 Å². The Balaban J connectivity index is 0. The number of rotatable bonds is 7. The van der Waals surface area contributed by atoms with Crippen LogP contribution in [0.3, 0.4) is 0 Å². The highest BCUT2D eigenvalue weighted by molar-refractivity contribution is 4.34. The van der Waals surface area contributed by atoms with Crippen LogP contribution in [0.4, 0.5) is 0 Å². The number of aliphatic hydroxyl groups is 2. The Morgan fingerprint density at radius 1 is 0.867 bits per heavy atom. The molecule has 0 aromatic heterocycles. The molecule has 0 saturated heterocycles. The van der Waals surface area contributed by atoms with Crippen LogP contribution >= 0.6 is 0 Å². The molecule has 0 saturated carbocycles. The molecule has 0 heterocycles. The highest BCUT2D eigenvalue weighted by Gasteiger charge is 2.06. The van der Waals surface area contributed by atoms with Crippen molar-refractivity contribution in [1.29, 1.82) is 0 Å². The standard InChI is InChI=1S/C8H18O3.C2H6O2/c1-5-9-7(3)11-8(4)10-6-2;3-1-2-4/h7-8H,5-6H2,1-4H3;3-4H,1-2H2. The molecule has 0 aliphatic carbocycles. The molecule has 5 heteroatoms. The molecule has 0 rings (SSSR count). The maximum Gasteiger partial charge on any atom is 0.157 e. The normalized spacial score (nSPS) is 14.0. The minimum absolute atomic E-state index is 0.125. The lowest BCUT2D eigenvalue weighted by atomic mass is 10.6. The largest absolute Gasteiger partial charge is 0.394 e. The first-order chi connectivity index (χ1) is 7.12. The average molecular weight is 224 g/mol. The Morgan fingerprint density at radius 2 is 1.20 bits per heavy atom. The van der Waals surface area contributed by atoms with Crippen LogP contribution in [0.2, 0.25) is 0 Å². The van der Waals surface area contributed by atoms with Gasteiger partial charge in [0, 0.05) is 13.2 Å². The summed E-state index contributed by atoms with van der Waals surface area (Å²) in [4.78, 5) is 0. The minimum Gasteiger partial charge on any atom is -0.394 e. The zero-order chi connectivity index (χ0) is 12.1. The van der Waals surface area contributed by atoms with Gasteiger partial charge in [0.05, 0.1) is 13.2 Å². The van der Waals surface area contributed by atoms with Crippen molar-refractivity contribution in [3.63, 3.8) is 0 Å². The van der Waals surface area contributed by atoms with Gasteiger partial charge in [-0.2, -0.15) is 0 Å². The molecule has 0 radical (unpaired) electrons. The summed E-state index contributed by atoms with van der Waals surface area (Å²) in [5, 5.41) is 15.2. The SMILES string of the molecule is CCOC(C)OC(C)OCC.OCCO. The van der Waals surface area contributed by atoms with Crippen molar-refractivity contribution < 1.29 is 24.4 Å². The van der Waals surface area contributed by atoms with Crippen LogP contribution < -0.4 is 0 Å². The van der Waals surface area contributed by atoms with Gasteiger partial charge in [-0.25, -0.2) is 0 Å². The van der Waals surface area contributed by atoms with Crippen LogP contribution in [-0.4, -0.2) is 49.2 Å². The molecule has 2 N–H and O–H groups in total. The Morgan fingerprint density at radius 3 is 1.40 bits per heavy atom. The fourth-order valence-electron chi connectivity index (χ4n) is 0.818. The Labute approximate surface area is 92.0 Å². The first-order valence-corrected chi connectivity index (χ1v) is 5.22. The van der Waals surface area contributed by atoms with Gasteiger partial charge in [-0.3, -0.25) is 0 Å². The van der Waals surface area contributed by atoms with Crippen LogP contribution in [-0.2, 0) is 14.2 Å². The van der Waals surface area contributed by atoms with E-state index < -0.39 is 0 Å². The fourth-order valence-corrected chi connectivity index (χ4v) is 0.818. The average Bonchev–Trinajstić information content (AvgIpc) is 2.18. The second-order valence-corrected chi connectivity index (χ2v) is 2.63. The number of hydrogen-bond acceptors (Lipinski definition) is 5. The second kappa shape index (κ2) is 13.8.